The molecule has 1 aromatic rings. The largest absolute Gasteiger partial charge is 0.353 e. The van der Waals surface area contributed by atoms with Gasteiger partial charge in [0.05, 0.1) is 12.7 Å². The average Bonchev–Trinajstić information content (AvgIpc) is 2.56. The van der Waals surface area contributed by atoms with Crippen LogP contribution >= 0.6 is 0 Å². The molecule has 0 radical (unpaired) electrons. The van der Waals surface area contributed by atoms with Crippen molar-refractivity contribution in [3.8, 4) is 0 Å². The van der Waals surface area contributed by atoms with E-state index < -0.39 is 0 Å². The number of rotatable bonds is 0. The second kappa shape index (κ2) is 3.32. The van der Waals surface area contributed by atoms with Crippen LogP contribution in [0.25, 0.3) is 0 Å². The molecule has 1 aliphatic carbocycles. The highest BCUT2D eigenvalue weighted by molar-refractivity contribution is 5.38. The summed E-state index contributed by atoms with van der Waals surface area (Å²) in [5.74, 6) is 0.526. The fourth-order valence-corrected chi connectivity index (χ4v) is 2.64. The molecule has 2 aliphatic rings. The van der Waals surface area contributed by atoms with E-state index in [1.165, 1.54) is 16.7 Å². The SMILES string of the molecule is Cc1ccc2c(c1)C1OC(C)OCC1C2. The van der Waals surface area contributed by atoms with Crippen LogP contribution in [0.4, 0.5) is 0 Å². The van der Waals surface area contributed by atoms with Crippen LogP contribution in [0.1, 0.15) is 29.7 Å². The molecule has 2 nitrogen and oxygen atoms in total. The van der Waals surface area contributed by atoms with Gasteiger partial charge >= 0.3 is 0 Å². The highest BCUT2D eigenvalue weighted by Gasteiger charge is 2.37. The molecule has 1 aliphatic heterocycles. The minimum atomic E-state index is -0.0577. The van der Waals surface area contributed by atoms with E-state index >= 15 is 0 Å². The van der Waals surface area contributed by atoms with E-state index in [4.69, 9.17) is 9.47 Å². The van der Waals surface area contributed by atoms with Gasteiger partial charge in [-0.15, -0.1) is 0 Å². The molecule has 3 unspecified atom stereocenters. The van der Waals surface area contributed by atoms with Crippen molar-refractivity contribution in [2.75, 3.05) is 6.61 Å². The molecule has 1 fully saturated rings. The smallest absolute Gasteiger partial charge is 0.155 e. The Labute approximate surface area is 90.2 Å². The van der Waals surface area contributed by atoms with Gasteiger partial charge in [-0.2, -0.15) is 0 Å². The van der Waals surface area contributed by atoms with Crippen LogP contribution in [0.5, 0.6) is 0 Å². The van der Waals surface area contributed by atoms with Crippen molar-refractivity contribution in [3.05, 3.63) is 34.9 Å². The van der Waals surface area contributed by atoms with Gasteiger partial charge in [0, 0.05) is 5.92 Å². The Bertz CT molecular complexity index is 386. The maximum atomic E-state index is 5.87. The maximum Gasteiger partial charge on any atom is 0.155 e. The van der Waals surface area contributed by atoms with Gasteiger partial charge in [0.1, 0.15) is 0 Å². The Morgan fingerprint density at radius 3 is 3.07 bits per heavy atom. The fraction of sp³-hybridized carbons (Fsp3) is 0.538. The summed E-state index contributed by atoms with van der Waals surface area (Å²) in [6.07, 6.45) is 1.31. The van der Waals surface area contributed by atoms with Crippen LogP contribution < -0.4 is 0 Å². The summed E-state index contributed by atoms with van der Waals surface area (Å²) in [6, 6.07) is 6.68. The quantitative estimate of drug-likeness (QED) is 0.646. The molecular weight excluding hydrogens is 188 g/mol. The summed E-state index contributed by atoms with van der Waals surface area (Å²) in [4.78, 5) is 0. The molecule has 0 aromatic heterocycles. The van der Waals surface area contributed by atoms with Crippen molar-refractivity contribution in [1.82, 2.24) is 0 Å². The van der Waals surface area contributed by atoms with E-state index in [0.29, 0.717) is 5.92 Å². The van der Waals surface area contributed by atoms with Crippen LogP contribution in [-0.4, -0.2) is 12.9 Å². The zero-order valence-electron chi connectivity index (χ0n) is 9.19. The molecule has 1 saturated heterocycles. The Kier molecular flexibility index (Phi) is 2.08. The normalized spacial score (nSPS) is 33.6. The molecule has 3 rings (SSSR count). The molecule has 15 heavy (non-hydrogen) atoms. The molecule has 0 N–H and O–H groups in total. The number of ether oxygens (including phenoxy) is 2. The van der Waals surface area contributed by atoms with Crippen molar-refractivity contribution >= 4 is 0 Å². The first-order valence-corrected chi connectivity index (χ1v) is 5.60. The van der Waals surface area contributed by atoms with E-state index in [1.807, 2.05) is 6.92 Å². The van der Waals surface area contributed by atoms with Gasteiger partial charge in [0.2, 0.25) is 0 Å². The Morgan fingerprint density at radius 1 is 1.33 bits per heavy atom. The molecule has 3 atom stereocenters. The lowest BCUT2D eigenvalue weighted by atomic mass is 10.0. The minimum absolute atomic E-state index is 0.0577. The zero-order chi connectivity index (χ0) is 10.4. The van der Waals surface area contributed by atoms with Crippen LogP contribution in [0.15, 0.2) is 18.2 Å². The van der Waals surface area contributed by atoms with Gasteiger partial charge in [-0.3, -0.25) is 0 Å². The van der Waals surface area contributed by atoms with Crippen molar-refractivity contribution in [3.63, 3.8) is 0 Å². The summed E-state index contributed by atoms with van der Waals surface area (Å²) in [5, 5.41) is 0. The van der Waals surface area contributed by atoms with Crippen molar-refractivity contribution in [2.24, 2.45) is 5.92 Å². The fourth-order valence-electron chi connectivity index (χ4n) is 2.64. The van der Waals surface area contributed by atoms with Gasteiger partial charge in [-0.05, 0) is 31.4 Å². The number of aryl methyl sites for hydroxylation is 1. The molecule has 1 heterocycles. The number of hydrogen-bond donors (Lipinski definition) is 0. The predicted octanol–water partition coefficient (Wildman–Crippen LogP) is 2.60. The zero-order valence-corrected chi connectivity index (χ0v) is 9.19. The van der Waals surface area contributed by atoms with Crippen LogP contribution in [-0.2, 0) is 15.9 Å². The predicted molar refractivity (Wildman–Crippen MR) is 57.6 cm³/mol. The number of benzene rings is 1. The van der Waals surface area contributed by atoms with Gasteiger partial charge in [-0.1, -0.05) is 23.8 Å². The molecule has 2 heteroatoms. The summed E-state index contributed by atoms with van der Waals surface area (Å²) >= 11 is 0. The third kappa shape index (κ3) is 1.48. The molecular formula is C13H16O2. The monoisotopic (exact) mass is 204 g/mol. The molecule has 0 saturated carbocycles. The topological polar surface area (TPSA) is 18.5 Å². The van der Waals surface area contributed by atoms with E-state index in [2.05, 4.69) is 25.1 Å². The Morgan fingerprint density at radius 2 is 2.20 bits per heavy atom. The van der Waals surface area contributed by atoms with E-state index in [9.17, 15) is 0 Å². The van der Waals surface area contributed by atoms with Gasteiger partial charge < -0.3 is 9.47 Å². The highest BCUT2D eigenvalue weighted by atomic mass is 16.7. The first-order chi connectivity index (χ1) is 7.24. The summed E-state index contributed by atoms with van der Waals surface area (Å²) in [7, 11) is 0. The molecule has 80 valence electrons. The Balaban J connectivity index is 1.98. The average molecular weight is 204 g/mol. The summed E-state index contributed by atoms with van der Waals surface area (Å²) < 4.78 is 11.4. The van der Waals surface area contributed by atoms with Gasteiger partial charge in [0.25, 0.3) is 0 Å². The lowest BCUT2D eigenvalue weighted by molar-refractivity contribution is -0.225. The Hall–Kier alpha value is -0.860. The minimum Gasteiger partial charge on any atom is -0.353 e. The van der Waals surface area contributed by atoms with Crippen molar-refractivity contribution in [2.45, 2.75) is 32.7 Å². The van der Waals surface area contributed by atoms with Crippen LogP contribution in [0.2, 0.25) is 0 Å². The first kappa shape index (κ1) is 9.37. The lowest BCUT2D eigenvalue weighted by Crippen LogP contribution is -2.30. The van der Waals surface area contributed by atoms with Crippen molar-refractivity contribution < 1.29 is 9.47 Å². The van der Waals surface area contributed by atoms with E-state index in [-0.39, 0.29) is 12.4 Å². The van der Waals surface area contributed by atoms with Crippen molar-refractivity contribution in [1.29, 1.82) is 0 Å². The molecule has 1 aromatic carbocycles. The summed E-state index contributed by atoms with van der Waals surface area (Å²) in [5.41, 5.74) is 4.14. The first-order valence-electron chi connectivity index (χ1n) is 5.60. The third-order valence-electron chi connectivity index (χ3n) is 3.40. The van der Waals surface area contributed by atoms with E-state index in [1.54, 1.807) is 0 Å². The van der Waals surface area contributed by atoms with Crippen LogP contribution in [0, 0.1) is 12.8 Å². The highest BCUT2D eigenvalue weighted by Crippen LogP contribution is 2.42. The van der Waals surface area contributed by atoms with Gasteiger partial charge in [-0.25, -0.2) is 0 Å². The second-order valence-electron chi connectivity index (χ2n) is 4.62. The van der Waals surface area contributed by atoms with Crippen LogP contribution in [0.3, 0.4) is 0 Å². The summed E-state index contributed by atoms with van der Waals surface area (Å²) in [6.45, 7) is 4.94. The number of fused-ring (bicyclic) bond motifs is 3. The number of hydrogen-bond acceptors (Lipinski definition) is 2. The molecule has 0 amide bonds. The second-order valence-corrected chi connectivity index (χ2v) is 4.62. The maximum absolute atomic E-state index is 5.87. The van der Waals surface area contributed by atoms with E-state index in [0.717, 1.165) is 13.0 Å². The third-order valence-corrected chi connectivity index (χ3v) is 3.40. The molecule has 0 spiro atoms. The van der Waals surface area contributed by atoms with Gasteiger partial charge in [0.15, 0.2) is 6.29 Å². The lowest BCUT2D eigenvalue weighted by Gasteiger charge is -2.31. The molecule has 0 bridgehead atoms. The standard InChI is InChI=1S/C13H16O2/c1-8-3-4-10-6-11-7-14-9(2)15-13(11)12(10)5-8/h3-5,9,11,13H,6-7H2,1-2H3.